The number of hydrogen-bond acceptors (Lipinski definition) is 3. The van der Waals surface area contributed by atoms with Gasteiger partial charge in [0.05, 0.1) is 0 Å². The molecule has 6 heteroatoms. The minimum absolute atomic E-state index is 0.164. The van der Waals surface area contributed by atoms with Crippen LogP contribution in [0, 0.1) is 6.92 Å². The molecule has 0 aliphatic heterocycles. The molecule has 0 fully saturated rings. The number of nitrogens with zero attached hydrogens (tertiary/aromatic N) is 1. The number of carbonyl (C=O) groups is 2. The summed E-state index contributed by atoms with van der Waals surface area (Å²) in [6.07, 6.45) is 1.90. The van der Waals surface area contributed by atoms with Crippen molar-refractivity contribution >= 4 is 23.4 Å². The summed E-state index contributed by atoms with van der Waals surface area (Å²) in [5.74, 6) is 0.0938. The molecule has 2 amide bonds. The van der Waals surface area contributed by atoms with Crippen LogP contribution in [0.2, 0.25) is 5.02 Å². The number of nitrogens with one attached hydrogen (secondary N) is 1. The van der Waals surface area contributed by atoms with Crippen LogP contribution in [-0.4, -0.2) is 35.9 Å². The van der Waals surface area contributed by atoms with E-state index in [2.05, 4.69) is 12.2 Å². The predicted molar refractivity (Wildman–Crippen MR) is 116 cm³/mol. The molecule has 2 rings (SSSR count). The first-order chi connectivity index (χ1) is 13.9. The van der Waals surface area contributed by atoms with Crippen molar-refractivity contribution in [2.45, 2.75) is 46.2 Å². The fraction of sp³-hybridized carbons (Fsp3) is 0.391. The Morgan fingerprint density at radius 1 is 1.17 bits per heavy atom. The van der Waals surface area contributed by atoms with Crippen molar-refractivity contribution < 1.29 is 14.3 Å². The highest BCUT2D eigenvalue weighted by Gasteiger charge is 2.26. The van der Waals surface area contributed by atoms with E-state index in [1.165, 1.54) is 0 Å². The average molecular weight is 417 g/mol. The monoisotopic (exact) mass is 416 g/mol. The third-order valence-electron chi connectivity index (χ3n) is 4.76. The Morgan fingerprint density at radius 3 is 2.62 bits per heavy atom. The lowest BCUT2D eigenvalue weighted by molar-refractivity contribution is -0.142. The molecular weight excluding hydrogens is 388 g/mol. The number of benzene rings is 2. The van der Waals surface area contributed by atoms with Gasteiger partial charge in [0.15, 0.2) is 6.61 Å². The van der Waals surface area contributed by atoms with Crippen LogP contribution >= 0.6 is 11.6 Å². The second-order valence-corrected chi connectivity index (χ2v) is 7.45. The van der Waals surface area contributed by atoms with Crippen molar-refractivity contribution in [3.8, 4) is 5.75 Å². The predicted octanol–water partition coefficient (Wildman–Crippen LogP) is 4.36. The number of rotatable bonds is 10. The number of ether oxygens (including phenoxy) is 1. The van der Waals surface area contributed by atoms with Gasteiger partial charge in [-0.15, -0.1) is 0 Å². The second-order valence-electron chi connectivity index (χ2n) is 7.01. The van der Waals surface area contributed by atoms with Crippen molar-refractivity contribution in [2.75, 3.05) is 13.2 Å². The Kier molecular flexibility index (Phi) is 9.00. The van der Waals surface area contributed by atoms with E-state index < -0.39 is 6.04 Å². The molecule has 5 nitrogen and oxygen atoms in total. The van der Waals surface area contributed by atoms with Gasteiger partial charge in [-0.25, -0.2) is 0 Å². The lowest BCUT2D eigenvalue weighted by Crippen LogP contribution is -2.49. The van der Waals surface area contributed by atoms with Crippen LogP contribution in [0.15, 0.2) is 48.5 Å². The fourth-order valence-corrected chi connectivity index (χ4v) is 3.05. The van der Waals surface area contributed by atoms with E-state index >= 15 is 0 Å². The summed E-state index contributed by atoms with van der Waals surface area (Å²) in [6, 6.07) is 14.1. The van der Waals surface area contributed by atoms with E-state index in [4.69, 9.17) is 16.3 Å². The smallest absolute Gasteiger partial charge is 0.261 e. The maximum absolute atomic E-state index is 13.0. The number of unbranched alkanes of at least 4 members (excludes halogenated alkanes) is 1. The zero-order chi connectivity index (χ0) is 21.2. The van der Waals surface area contributed by atoms with Crippen LogP contribution in [0.25, 0.3) is 0 Å². The molecule has 2 aromatic rings. The van der Waals surface area contributed by atoms with Gasteiger partial charge in [-0.05, 0) is 49.6 Å². The highest BCUT2D eigenvalue weighted by atomic mass is 35.5. The summed E-state index contributed by atoms with van der Waals surface area (Å²) in [5, 5.41) is 3.45. The number of amides is 2. The Morgan fingerprint density at radius 2 is 1.93 bits per heavy atom. The van der Waals surface area contributed by atoms with Gasteiger partial charge < -0.3 is 15.0 Å². The zero-order valence-corrected chi connectivity index (χ0v) is 18.0. The van der Waals surface area contributed by atoms with Crippen LogP contribution in [0.4, 0.5) is 0 Å². The standard InChI is InChI=1S/C23H29ClN2O3/c1-4-5-13-25-23(28)18(3)26(15-19-10-7-6-9-17(19)2)22(27)16-29-21-12-8-11-20(24)14-21/h6-12,14,18H,4-5,13,15-16H2,1-3H3,(H,25,28)/t18-/m1/s1. The van der Waals surface area contributed by atoms with E-state index in [1.54, 1.807) is 36.1 Å². The summed E-state index contributed by atoms with van der Waals surface area (Å²) in [6.45, 7) is 6.58. The molecule has 0 aromatic heterocycles. The van der Waals surface area contributed by atoms with E-state index in [0.29, 0.717) is 23.9 Å². The van der Waals surface area contributed by atoms with Gasteiger partial charge in [-0.3, -0.25) is 9.59 Å². The summed E-state index contributed by atoms with van der Waals surface area (Å²) < 4.78 is 5.62. The molecule has 0 spiro atoms. The quantitative estimate of drug-likeness (QED) is 0.585. The SMILES string of the molecule is CCCCNC(=O)[C@@H](C)N(Cc1ccccc1C)C(=O)COc1cccc(Cl)c1. The van der Waals surface area contributed by atoms with Crippen molar-refractivity contribution in [1.29, 1.82) is 0 Å². The average Bonchev–Trinajstić information content (AvgIpc) is 2.71. The highest BCUT2D eigenvalue weighted by Crippen LogP contribution is 2.18. The van der Waals surface area contributed by atoms with Gasteiger partial charge in [0, 0.05) is 18.1 Å². The van der Waals surface area contributed by atoms with Crippen molar-refractivity contribution in [3.63, 3.8) is 0 Å². The van der Waals surface area contributed by atoms with Crippen LogP contribution in [0.1, 0.15) is 37.8 Å². The van der Waals surface area contributed by atoms with Gasteiger partial charge >= 0.3 is 0 Å². The third kappa shape index (κ3) is 7.09. The first-order valence-corrected chi connectivity index (χ1v) is 10.3. The van der Waals surface area contributed by atoms with E-state index in [1.807, 2.05) is 31.2 Å². The number of aryl methyl sites for hydroxylation is 1. The van der Waals surface area contributed by atoms with E-state index in [0.717, 1.165) is 24.0 Å². The van der Waals surface area contributed by atoms with Gasteiger partial charge in [0.1, 0.15) is 11.8 Å². The summed E-state index contributed by atoms with van der Waals surface area (Å²) in [5.41, 5.74) is 2.07. The Bertz CT molecular complexity index is 825. The van der Waals surface area contributed by atoms with Crippen molar-refractivity contribution in [1.82, 2.24) is 10.2 Å². The lowest BCUT2D eigenvalue weighted by atomic mass is 10.1. The Labute approximate surface area is 178 Å². The van der Waals surface area contributed by atoms with Crippen molar-refractivity contribution in [3.05, 3.63) is 64.7 Å². The van der Waals surface area contributed by atoms with Crippen LogP contribution < -0.4 is 10.1 Å². The Hall–Kier alpha value is -2.53. The molecule has 0 aliphatic carbocycles. The molecule has 0 bridgehead atoms. The molecule has 0 aliphatic rings. The molecule has 1 atom stereocenters. The first-order valence-electron chi connectivity index (χ1n) is 9.92. The zero-order valence-electron chi connectivity index (χ0n) is 17.3. The first kappa shape index (κ1) is 22.8. The van der Waals surface area contributed by atoms with Gasteiger partial charge in [0.25, 0.3) is 5.91 Å². The van der Waals surface area contributed by atoms with Crippen LogP contribution in [0.3, 0.4) is 0 Å². The molecule has 29 heavy (non-hydrogen) atoms. The lowest BCUT2D eigenvalue weighted by Gasteiger charge is -2.29. The summed E-state index contributed by atoms with van der Waals surface area (Å²) >= 11 is 5.97. The number of hydrogen-bond donors (Lipinski definition) is 1. The van der Waals surface area contributed by atoms with Gasteiger partial charge in [-0.1, -0.05) is 55.3 Å². The normalized spacial score (nSPS) is 11.6. The maximum Gasteiger partial charge on any atom is 0.261 e. The van der Waals surface area contributed by atoms with Gasteiger partial charge in [0.2, 0.25) is 5.91 Å². The fourth-order valence-electron chi connectivity index (χ4n) is 2.87. The Balaban J connectivity index is 2.12. The van der Waals surface area contributed by atoms with Gasteiger partial charge in [-0.2, -0.15) is 0 Å². The second kappa shape index (κ2) is 11.5. The molecule has 0 saturated carbocycles. The largest absolute Gasteiger partial charge is 0.484 e. The molecule has 0 unspecified atom stereocenters. The van der Waals surface area contributed by atoms with Crippen LogP contribution in [-0.2, 0) is 16.1 Å². The molecule has 2 aromatic carbocycles. The maximum atomic E-state index is 13.0. The molecule has 0 saturated heterocycles. The molecule has 156 valence electrons. The molecule has 0 heterocycles. The van der Waals surface area contributed by atoms with E-state index in [9.17, 15) is 9.59 Å². The number of carbonyl (C=O) groups excluding carboxylic acids is 2. The highest BCUT2D eigenvalue weighted by molar-refractivity contribution is 6.30. The minimum atomic E-state index is -0.609. The molecule has 0 radical (unpaired) electrons. The third-order valence-corrected chi connectivity index (χ3v) is 4.99. The van der Waals surface area contributed by atoms with Crippen molar-refractivity contribution in [2.24, 2.45) is 0 Å². The topological polar surface area (TPSA) is 58.6 Å². The summed E-state index contributed by atoms with van der Waals surface area (Å²) in [7, 11) is 0. The molecule has 1 N–H and O–H groups in total. The minimum Gasteiger partial charge on any atom is -0.484 e. The molecular formula is C23H29ClN2O3. The van der Waals surface area contributed by atoms with Crippen LogP contribution in [0.5, 0.6) is 5.75 Å². The van der Waals surface area contributed by atoms with E-state index in [-0.39, 0.29) is 18.4 Å². The summed E-state index contributed by atoms with van der Waals surface area (Å²) in [4.78, 5) is 27.1. The number of halogens is 1.